The molecular formula is C22H27ClN4O2. The summed E-state index contributed by atoms with van der Waals surface area (Å²) in [5.41, 5.74) is 11.1. The average molecular weight is 415 g/mol. The second-order valence-electron chi connectivity index (χ2n) is 7.95. The number of hydrogen-bond donors (Lipinski definition) is 2. The normalized spacial score (nSPS) is 14.7. The second-order valence-corrected chi connectivity index (χ2v) is 7.95. The third-order valence-corrected chi connectivity index (χ3v) is 5.39. The summed E-state index contributed by atoms with van der Waals surface area (Å²) in [6.07, 6.45) is 2.20. The van der Waals surface area contributed by atoms with Crippen LogP contribution < -0.4 is 11.1 Å². The number of aromatic nitrogens is 2. The Balaban J connectivity index is 0.00000240. The van der Waals surface area contributed by atoms with Gasteiger partial charge in [0.15, 0.2) is 0 Å². The minimum Gasteiger partial charge on any atom is -0.350 e. The Morgan fingerprint density at radius 3 is 2.52 bits per heavy atom. The van der Waals surface area contributed by atoms with Crippen LogP contribution in [0, 0.1) is 6.92 Å². The van der Waals surface area contributed by atoms with E-state index in [2.05, 4.69) is 41.4 Å². The van der Waals surface area contributed by atoms with E-state index in [0.29, 0.717) is 40.7 Å². The third-order valence-electron chi connectivity index (χ3n) is 5.39. The molecule has 1 fully saturated rings. The van der Waals surface area contributed by atoms with E-state index in [-0.39, 0.29) is 24.4 Å². The Bertz CT molecular complexity index is 1010. The highest BCUT2D eigenvalue weighted by molar-refractivity contribution is 6.06. The smallest absolute Gasteiger partial charge is 0.259 e. The number of carbonyl (C=O) groups is 1. The van der Waals surface area contributed by atoms with Crippen LogP contribution in [0.2, 0.25) is 0 Å². The Labute approximate surface area is 176 Å². The number of benzene rings is 1. The van der Waals surface area contributed by atoms with Crippen molar-refractivity contribution >= 4 is 29.4 Å². The molecule has 1 unspecified atom stereocenters. The zero-order chi connectivity index (χ0) is 19.8. The molecule has 0 spiro atoms. The second kappa shape index (κ2) is 8.51. The van der Waals surface area contributed by atoms with Gasteiger partial charge in [-0.3, -0.25) is 4.79 Å². The van der Waals surface area contributed by atoms with Gasteiger partial charge in [0, 0.05) is 24.2 Å². The topological polar surface area (TPSA) is 94.0 Å². The lowest BCUT2D eigenvalue weighted by Gasteiger charge is -2.15. The zero-order valence-corrected chi connectivity index (χ0v) is 17.8. The van der Waals surface area contributed by atoms with Gasteiger partial charge in [-0.15, -0.1) is 12.4 Å². The van der Waals surface area contributed by atoms with Crippen LogP contribution in [0.25, 0.3) is 11.1 Å². The summed E-state index contributed by atoms with van der Waals surface area (Å²) < 4.78 is 5.32. The summed E-state index contributed by atoms with van der Waals surface area (Å²) in [5.74, 6) is 0.726. The predicted octanol–water partition coefficient (Wildman–Crippen LogP) is 4.38. The minimum atomic E-state index is -0.269. The van der Waals surface area contributed by atoms with Crippen LogP contribution in [0.1, 0.15) is 77.4 Å². The largest absolute Gasteiger partial charge is 0.350 e. The maximum Gasteiger partial charge on any atom is 0.259 e. The number of fused-ring (bicyclic) bond motifs is 1. The average Bonchev–Trinajstić information content (AvgIpc) is 3.48. The number of amides is 1. The van der Waals surface area contributed by atoms with Gasteiger partial charge < -0.3 is 15.6 Å². The monoisotopic (exact) mass is 414 g/mol. The lowest BCUT2D eigenvalue weighted by atomic mass is 9.99. The number of rotatable bonds is 6. The molecule has 0 radical (unpaired) electrons. The van der Waals surface area contributed by atoms with Crippen molar-refractivity contribution in [1.29, 1.82) is 0 Å². The fourth-order valence-electron chi connectivity index (χ4n) is 3.42. The van der Waals surface area contributed by atoms with E-state index >= 15 is 0 Å². The van der Waals surface area contributed by atoms with Crippen molar-refractivity contribution in [2.75, 3.05) is 6.54 Å². The highest BCUT2D eigenvalue weighted by atomic mass is 35.5. The number of carbonyl (C=O) groups excluding carboxylic acids is 1. The van der Waals surface area contributed by atoms with Crippen molar-refractivity contribution in [1.82, 2.24) is 15.5 Å². The van der Waals surface area contributed by atoms with E-state index in [0.717, 1.165) is 24.1 Å². The molecule has 3 N–H and O–H groups in total. The van der Waals surface area contributed by atoms with E-state index in [9.17, 15) is 4.79 Å². The Morgan fingerprint density at radius 2 is 1.90 bits per heavy atom. The van der Waals surface area contributed by atoms with E-state index in [1.165, 1.54) is 5.56 Å². The number of nitrogens with one attached hydrogen (secondary N) is 1. The van der Waals surface area contributed by atoms with Gasteiger partial charge in [0.2, 0.25) is 0 Å². The summed E-state index contributed by atoms with van der Waals surface area (Å²) in [6, 6.07) is 9.86. The molecule has 0 aliphatic heterocycles. The van der Waals surface area contributed by atoms with Crippen LogP contribution in [0.4, 0.5) is 0 Å². The molecule has 1 aromatic carbocycles. The van der Waals surface area contributed by atoms with E-state index in [1.807, 2.05) is 25.1 Å². The van der Waals surface area contributed by atoms with Crippen LogP contribution >= 0.6 is 12.4 Å². The Hall–Kier alpha value is -2.44. The van der Waals surface area contributed by atoms with Crippen LogP contribution in [0.3, 0.4) is 0 Å². The third kappa shape index (κ3) is 4.43. The SMILES string of the molecule is Cc1noc2nc(C3CC3)cc(C(=O)NCC(N)c3ccc(C(C)C)cc3)c12.Cl. The first-order valence-electron chi connectivity index (χ1n) is 9.84. The minimum absolute atomic E-state index is 0. The van der Waals surface area contributed by atoms with Gasteiger partial charge in [-0.2, -0.15) is 0 Å². The molecule has 0 bridgehead atoms. The van der Waals surface area contributed by atoms with Crippen LogP contribution in [0.15, 0.2) is 34.9 Å². The molecule has 2 aromatic heterocycles. The van der Waals surface area contributed by atoms with Gasteiger partial charge in [0.05, 0.1) is 16.6 Å². The number of hydrogen-bond acceptors (Lipinski definition) is 5. The van der Waals surface area contributed by atoms with Crippen molar-refractivity contribution in [2.45, 2.75) is 51.5 Å². The van der Waals surface area contributed by atoms with E-state index in [4.69, 9.17) is 10.3 Å². The molecule has 2 heterocycles. The quantitative estimate of drug-likeness (QED) is 0.624. The lowest BCUT2D eigenvalue weighted by molar-refractivity contribution is 0.0952. The number of halogens is 1. The molecular weight excluding hydrogens is 388 g/mol. The van der Waals surface area contributed by atoms with Crippen LogP contribution in [-0.4, -0.2) is 22.6 Å². The molecule has 3 aromatic rings. The molecule has 1 aliphatic carbocycles. The molecule has 6 nitrogen and oxygen atoms in total. The van der Waals surface area contributed by atoms with Gasteiger partial charge in [0.1, 0.15) is 0 Å². The van der Waals surface area contributed by atoms with Crippen molar-refractivity contribution in [3.05, 3.63) is 58.4 Å². The van der Waals surface area contributed by atoms with Crippen molar-refractivity contribution in [2.24, 2.45) is 5.73 Å². The summed E-state index contributed by atoms with van der Waals surface area (Å²) in [6.45, 7) is 6.50. The van der Waals surface area contributed by atoms with Gasteiger partial charge in [-0.05, 0) is 42.9 Å². The maximum atomic E-state index is 12.9. The first-order chi connectivity index (χ1) is 13.4. The highest BCUT2D eigenvalue weighted by Crippen LogP contribution is 2.40. The molecule has 4 rings (SSSR count). The van der Waals surface area contributed by atoms with Crippen LogP contribution in [-0.2, 0) is 0 Å². The lowest BCUT2D eigenvalue weighted by Crippen LogP contribution is -2.32. The fourth-order valence-corrected chi connectivity index (χ4v) is 3.42. The molecule has 1 amide bonds. The fraction of sp³-hybridized carbons (Fsp3) is 0.409. The van der Waals surface area contributed by atoms with Gasteiger partial charge in [-0.25, -0.2) is 4.98 Å². The first-order valence-corrected chi connectivity index (χ1v) is 9.84. The maximum absolute atomic E-state index is 12.9. The standard InChI is InChI=1S/C22H26N4O2.ClH/c1-12(2)14-4-6-15(7-5-14)18(23)11-24-21(27)17-10-19(16-8-9-16)25-22-20(17)13(3)26-28-22;/h4-7,10,12,16,18H,8-9,11,23H2,1-3H3,(H,24,27);1H. The molecule has 29 heavy (non-hydrogen) atoms. The molecule has 1 saturated carbocycles. The Kier molecular flexibility index (Phi) is 6.24. The number of aryl methyl sites for hydroxylation is 1. The summed E-state index contributed by atoms with van der Waals surface area (Å²) in [7, 11) is 0. The highest BCUT2D eigenvalue weighted by Gasteiger charge is 2.28. The number of pyridine rings is 1. The first kappa shape index (κ1) is 21.3. The molecule has 1 aliphatic rings. The van der Waals surface area contributed by atoms with E-state index < -0.39 is 0 Å². The number of nitrogens with two attached hydrogens (primary N) is 1. The van der Waals surface area contributed by atoms with Gasteiger partial charge >= 0.3 is 0 Å². The molecule has 7 heteroatoms. The summed E-state index contributed by atoms with van der Waals surface area (Å²) in [4.78, 5) is 17.5. The zero-order valence-electron chi connectivity index (χ0n) is 16.9. The number of nitrogens with zero attached hydrogens (tertiary/aromatic N) is 2. The predicted molar refractivity (Wildman–Crippen MR) is 116 cm³/mol. The van der Waals surface area contributed by atoms with Crippen molar-refractivity contribution in [3.63, 3.8) is 0 Å². The van der Waals surface area contributed by atoms with Gasteiger partial charge in [0.25, 0.3) is 11.6 Å². The van der Waals surface area contributed by atoms with Crippen molar-refractivity contribution < 1.29 is 9.32 Å². The van der Waals surface area contributed by atoms with Crippen LogP contribution in [0.5, 0.6) is 0 Å². The molecule has 154 valence electrons. The molecule has 0 saturated heterocycles. The van der Waals surface area contributed by atoms with Crippen molar-refractivity contribution in [3.8, 4) is 0 Å². The van der Waals surface area contributed by atoms with E-state index in [1.54, 1.807) is 0 Å². The summed E-state index contributed by atoms with van der Waals surface area (Å²) in [5, 5.41) is 7.63. The summed E-state index contributed by atoms with van der Waals surface area (Å²) >= 11 is 0. The van der Waals surface area contributed by atoms with Gasteiger partial charge in [-0.1, -0.05) is 43.3 Å². The Morgan fingerprint density at radius 1 is 1.24 bits per heavy atom. The molecule has 1 atom stereocenters.